The van der Waals surface area contributed by atoms with E-state index in [0.29, 0.717) is 35.1 Å². The van der Waals surface area contributed by atoms with E-state index in [1.807, 2.05) is 32.0 Å². The van der Waals surface area contributed by atoms with Crippen LogP contribution in [0.15, 0.2) is 66.7 Å². The molecule has 0 aliphatic carbocycles. The van der Waals surface area contributed by atoms with Crippen LogP contribution in [0.3, 0.4) is 0 Å². The van der Waals surface area contributed by atoms with E-state index in [2.05, 4.69) is 0 Å². The smallest absolute Gasteiger partial charge is 0.415 e. The molecule has 1 heterocycles. The van der Waals surface area contributed by atoms with Crippen molar-refractivity contribution < 1.29 is 23.9 Å². The highest BCUT2D eigenvalue weighted by atomic mass is 35.5. The molecule has 2 atom stereocenters. The van der Waals surface area contributed by atoms with Crippen LogP contribution in [0, 0.1) is 25.7 Å². The van der Waals surface area contributed by atoms with Crippen molar-refractivity contribution in [2.45, 2.75) is 46.6 Å². The van der Waals surface area contributed by atoms with Crippen LogP contribution in [-0.2, 0) is 11.2 Å². The number of para-hydroxylation sites is 1. The van der Waals surface area contributed by atoms with Crippen LogP contribution in [0.5, 0.6) is 11.5 Å². The van der Waals surface area contributed by atoms with Crippen LogP contribution < -0.4 is 9.47 Å². The van der Waals surface area contributed by atoms with Crippen molar-refractivity contribution in [3.8, 4) is 11.5 Å². The lowest BCUT2D eigenvalue weighted by molar-refractivity contribution is -0.129. The Morgan fingerprint density at radius 3 is 2.15 bits per heavy atom. The van der Waals surface area contributed by atoms with E-state index in [-0.39, 0.29) is 24.0 Å². The van der Waals surface area contributed by atoms with Gasteiger partial charge in [0.15, 0.2) is 17.2 Å². The number of aryl methyl sites for hydroxylation is 2. The molecule has 3 aromatic rings. The lowest BCUT2D eigenvalue weighted by atomic mass is 9.84. The van der Waals surface area contributed by atoms with Gasteiger partial charge >= 0.3 is 6.09 Å². The lowest BCUT2D eigenvalue weighted by Gasteiger charge is -2.26. The normalized spacial score (nSPS) is 17.1. The van der Waals surface area contributed by atoms with Crippen LogP contribution in [0.2, 0.25) is 5.02 Å². The molecule has 6 nitrogen and oxygen atoms in total. The number of likely N-dealkylation sites (tertiary alicyclic amines) is 1. The number of carbonyl (C=O) groups excluding carboxylic acids is 3. The molecular weight excluding hydrogens is 514 g/mol. The number of ether oxygens (including phenoxy) is 2. The maximum atomic E-state index is 13.6. The third-order valence-electron chi connectivity index (χ3n) is 7.34. The number of halogens is 1. The quantitative estimate of drug-likeness (QED) is 0.287. The number of benzene rings is 3. The fraction of sp³-hybridized carbons (Fsp3) is 0.344. The van der Waals surface area contributed by atoms with Crippen LogP contribution in [0.4, 0.5) is 4.79 Å². The van der Waals surface area contributed by atoms with E-state index >= 15 is 0 Å². The van der Waals surface area contributed by atoms with Gasteiger partial charge in [-0.1, -0.05) is 41.9 Å². The van der Waals surface area contributed by atoms with E-state index in [1.165, 1.54) is 6.92 Å². The van der Waals surface area contributed by atoms with Crippen LogP contribution in [-0.4, -0.2) is 41.3 Å². The summed E-state index contributed by atoms with van der Waals surface area (Å²) in [6.07, 6.45) is 0.122. The van der Waals surface area contributed by atoms with E-state index < -0.39 is 17.6 Å². The van der Waals surface area contributed by atoms with Gasteiger partial charge in [-0.15, -0.1) is 0 Å². The number of rotatable bonds is 8. The standard InChI is InChI=1S/C32H34ClNO5/c1-20-15-23(16-21(2)30(20)39-32(4,5)22(3)35)17-25-18-34(31(37)38-27-9-7-6-8-10-27)19-28(25)29(36)24-11-13-26(33)14-12-24/h6-16,25,28H,17-19H2,1-5H3/t25-,28-/m1/s1. The Hall–Kier alpha value is -3.64. The molecule has 0 radical (unpaired) electrons. The Morgan fingerprint density at radius 2 is 1.56 bits per heavy atom. The minimum atomic E-state index is -0.932. The van der Waals surface area contributed by atoms with Crippen molar-refractivity contribution >= 4 is 29.3 Å². The molecule has 1 aliphatic heterocycles. The van der Waals surface area contributed by atoms with Gasteiger partial charge in [-0.3, -0.25) is 9.59 Å². The second kappa shape index (κ2) is 11.6. The molecule has 3 aromatic carbocycles. The SMILES string of the molecule is CC(=O)C(C)(C)Oc1c(C)cc(C[C@@H]2CN(C(=O)Oc3ccccc3)C[C@H]2C(=O)c2ccc(Cl)cc2)cc1C. The van der Waals surface area contributed by atoms with E-state index in [4.69, 9.17) is 21.1 Å². The minimum Gasteiger partial charge on any atom is -0.480 e. The summed E-state index contributed by atoms with van der Waals surface area (Å²) in [6, 6.07) is 19.8. The van der Waals surface area contributed by atoms with Gasteiger partial charge in [-0.05, 0) is 100 Å². The summed E-state index contributed by atoms with van der Waals surface area (Å²) in [4.78, 5) is 40.3. The maximum absolute atomic E-state index is 13.6. The average molecular weight is 548 g/mol. The fourth-order valence-electron chi connectivity index (χ4n) is 4.95. The van der Waals surface area contributed by atoms with Crippen molar-refractivity contribution in [2.24, 2.45) is 11.8 Å². The van der Waals surface area contributed by atoms with Gasteiger partial charge < -0.3 is 14.4 Å². The van der Waals surface area contributed by atoms with Gasteiger partial charge in [-0.25, -0.2) is 4.79 Å². The van der Waals surface area contributed by atoms with Crippen molar-refractivity contribution in [1.29, 1.82) is 0 Å². The van der Waals surface area contributed by atoms with E-state index in [0.717, 1.165) is 16.7 Å². The Morgan fingerprint density at radius 1 is 0.949 bits per heavy atom. The van der Waals surface area contributed by atoms with Gasteiger partial charge in [0.25, 0.3) is 0 Å². The number of hydrogen-bond acceptors (Lipinski definition) is 5. The summed E-state index contributed by atoms with van der Waals surface area (Å²) < 4.78 is 11.7. The highest BCUT2D eigenvalue weighted by Gasteiger charge is 2.40. The third kappa shape index (κ3) is 6.69. The molecule has 0 spiro atoms. The number of amides is 1. The number of Topliss-reactive ketones (excluding diaryl/α,β-unsaturated/α-hetero) is 2. The van der Waals surface area contributed by atoms with Gasteiger partial charge in [0.1, 0.15) is 11.5 Å². The molecule has 204 valence electrons. The Balaban J connectivity index is 1.58. The van der Waals surface area contributed by atoms with Crippen molar-refractivity contribution in [1.82, 2.24) is 4.90 Å². The summed E-state index contributed by atoms with van der Waals surface area (Å²) >= 11 is 6.04. The average Bonchev–Trinajstić information content (AvgIpc) is 3.30. The fourth-order valence-corrected chi connectivity index (χ4v) is 5.08. The summed E-state index contributed by atoms with van der Waals surface area (Å²) in [7, 11) is 0. The van der Waals surface area contributed by atoms with Crippen LogP contribution >= 0.6 is 11.6 Å². The zero-order valence-corrected chi connectivity index (χ0v) is 23.7. The molecule has 39 heavy (non-hydrogen) atoms. The van der Waals surface area contributed by atoms with Crippen LogP contribution in [0.25, 0.3) is 0 Å². The van der Waals surface area contributed by atoms with Gasteiger partial charge in [-0.2, -0.15) is 0 Å². The Kier molecular flexibility index (Phi) is 8.45. The monoisotopic (exact) mass is 547 g/mol. The third-order valence-corrected chi connectivity index (χ3v) is 7.59. The molecule has 1 fully saturated rings. The molecule has 1 saturated heterocycles. The Bertz CT molecular complexity index is 1340. The summed E-state index contributed by atoms with van der Waals surface area (Å²) in [5.74, 6) is 0.554. The molecule has 0 unspecified atom stereocenters. The lowest BCUT2D eigenvalue weighted by Crippen LogP contribution is -2.36. The second-order valence-electron chi connectivity index (χ2n) is 10.8. The highest BCUT2D eigenvalue weighted by Crippen LogP contribution is 2.34. The Labute approximate surface area is 234 Å². The van der Waals surface area contributed by atoms with E-state index in [9.17, 15) is 14.4 Å². The first kappa shape index (κ1) is 28.4. The summed E-state index contributed by atoms with van der Waals surface area (Å²) in [5.41, 5.74) is 2.50. The second-order valence-corrected chi connectivity index (χ2v) is 11.2. The topological polar surface area (TPSA) is 72.9 Å². The first-order chi connectivity index (χ1) is 18.4. The van der Waals surface area contributed by atoms with Gasteiger partial charge in [0, 0.05) is 29.6 Å². The maximum Gasteiger partial charge on any atom is 0.415 e. The first-order valence-corrected chi connectivity index (χ1v) is 13.4. The minimum absolute atomic E-state index is 0.0247. The molecule has 0 aromatic heterocycles. The largest absolute Gasteiger partial charge is 0.480 e. The zero-order chi connectivity index (χ0) is 28.3. The number of hydrogen-bond donors (Lipinski definition) is 0. The molecular formula is C32H34ClNO5. The van der Waals surface area contributed by atoms with Crippen molar-refractivity contribution in [3.05, 3.63) is 94.0 Å². The predicted octanol–water partition coefficient (Wildman–Crippen LogP) is 6.88. The molecule has 0 bridgehead atoms. The van der Waals surface area contributed by atoms with E-state index in [1.54, 1.807) is 67.3 Å². The van der Waals surface area contributed by atoms with Gasteiger partial charge in [0.2, 0.25) is 0 Å². The molecule has 1 aliphatic rings. The van der Waals surface area contributed by atoms with Gasteiger partial charge in [0.05, 0.1) is 0 Å². The number of ketones is 2. The zero-order valence-electron chi connectivity index (χ0n) is 23.0. The molecule has 0 N–H and O–H groups in total. The molecule has 4 rings (SSSR count). The van der Waals surface area contributed by atoms with Crippen LogP contribution in [0.1, 0.15) is 47.8 Å². The predicted molar refractivity (Wildman–Crippen MR) is 152 cm³/mol. The summed E-state index contributed by atoms with van der Waals surface area (Å²) in [6.45, 7) is 9.61. The number of nitrogens with zero attached hydrogens (tertiary/aromatic N) is 1. The van der Waals surface area contributed by atoms with Crippen molar-refractivity contribution in [2.75, 3.05) is 13.1 Å². The first-order valence-electron chi connectivity index (χ1n) is 13.1. The summed E-state index contributed by atoms with van der Waals surface area (Å²) in [5, 5.41) is 0.559. The highest BCUT2D eigenvalue weighted by molar-refractivity contribution is 6.30. The number of carbonyl (C=O) groups is 3. The molecule has 7 heteroatoms. The van der Waals surface area contributed by atoms with Crippen molar-refractivity contribution in [3.63, 3.8) is 0 Å². The molecule has 1 amide bonds. The molecule has 0 saturated carbocycles.